The SMILES string of the molecule is C=C(C)OCOCCOc1ccc(C(C)(C)c2ccc(OCCC(=O)OC(=C)C)cc2)cc1. The van der Waals surface area contributed by atoms with E-state index in [-0.39, 0.29) is 31.2 Å². The molecule has 178 valence electrons. The van der Waals surface area contributed by atoms with Gasteiger partial charge in [-0.25, -0.2) is 0 Å². The Bertz CT molecular complexity index is 913. The van der Waals surface area contributed by atoms with Crippen LogP contribution in [0.5, 0.6) is 11.5 Å². The van der Waals surface area contributed by atoms with Crippen LogP contribution >= 0.6 is 0 Å². The van der Waals surface area contributed by atoms with Gasteiger partial charge >= 0.3 is 5.97 Å². The number of hydrogen-bond donors (Lipinski definition) is 0. The molecule has 0 fully saturated rings. The highest BCUT2D eigenvalue weighted by Gasteiger charge is 2.23. The summed E-state index contributed by atoms with van der Waals surface area (Å²) in [7, 11) is 0. The van der Waals surface area contributed by atoms with Gasteiger partial charge in [0.1, 0.15) is 18.1 Å². The van der Waals surface area contributed by atoms with Crippen LogP contribution in [-0.4, -0.2) is 32.6 Å². The Balaban J connectivity index is 1.85. The molecule has 0 aromatic heterocycles. The zero-order valence-corrected chi connectivity index (χ0v) is 20.0. The average Bonchev–Trinajstić information content (AvgIpc) is 2.76. The maximum Gasteiger partial charge on any atom is 0.314 e. The molecule has 0 N–H and O–H groups in total. The van der Waals surface area contributed by atoms with E-state index in [1.165, 1.54) is 0 Å². The van der Waals surface area contributed by atoms with Gasteiger partial charge in [0, 0.05) is 5.41 Å². The van der Waals surface area contributed by atoms with E-state index < -0.39 is 0 Å². The van der Waals surface area contributed by atoms with Crippen molar-refractivity contribution in [1.29, 1.82) is 0 Å². The average molecular weight is 455 g/mol. The lowest BCUT2D eigenvalue weighted by atomic mass is 9.78. The summed E-state index contributed by atoms with van der Waals surface area (Å²) in [5.74, 6) is 2.14. The number of esters is 1. The van der Waals surface area contributed by atoms with Crippen LogP contribution in [0.25, 0.3) is 0 Å². The molecule has 0 radical (unpaired) electrons. The van der Waals surface area contributed by atoms with Gasteiger partial charge in [-0.1, -0.05) is 51.3 Å². The van der Waals surface area contributed by atoms with Gasteiger partial charge in [0.25, 0.3) is 0 Å². The molecular formula is C27H34O6. The fourth-order valence-electron chi connectivity index (χ4n) is 3.02. The molecule has 6 nitrogen and oxygen atoms in total. The van der Waals surface area contributed by atoms with E-state index in [4.69, 9.17) is 23.7 Å². The minimum atomic E-state index is -0.350. The summed E-state index contributed by atoms with van der Waals surface area (Å²) in [4.78, 5) is 11.5. The van der Waals surface area contributed by atoms with Crippen LogP contribution in [0.15, 0.2) is 73.2 Å². The highest BCUT2D eigenvalue weighted by molar-refractivity contribution is 5.70. The number of ether oxygens (including phenoxy) is 5. The predicted octanol–water partition coefficient (Wildman–Crippen LogP) is 5.76. The second kappa shape index (κ2) is 12.7. The summed E-state index contributed by atoms with van der Waals surface area (Å²) in [6.07, 6.45) is 0.170. The molecule has 0 saturated heterocycles. The molecule has 2 aromatic carbocycles. The summed E-state index contributed by atoms with van der Waals surface area (Å²) in [6, 6.07) is 16.0. The number of allylic oxidation sites excluding steroid dienone is 2. The minimum absolute atomic E-state index is 0.170. The zero-order chi connectivity index (χ0) is 24.3. The lowest BCUT2D eigenvalue weighted by Crippen LogP contribution is -2.18. The van der Waals surface area contributed by atoms with Gasteiger partial charge in [0.15, 0.2) is 6.79 Å². The fraction of sp³-hybridized carbons (Fsp3) is 0.370. The van der Waals surface area contributed by atoms with Gasteiger partial charge in [0.2, 0.25) is 0 Å². The van der Waals surface area contributed by atoms with Crippen molar-refractivity contribution in [3.63, 3.8) is 0 Å². The molecule has 0 spiro atoms. The summed E-state index contributed by atoms with van der Waals surface area (Å²) < 4.78 is 26.7. The molecule has 0 saturated carbocycles. The number of hydrogen-bond acceptors (Lipinski definition) is 6. The summed E-state index contributed by atoms with van der Waals surface area (Å²) in [5, 5.41) is 0. The third-order valence-corrected chi connectivity index (χ3v) is 4.90. The first-order valence-corrected chi connectivity index (χ1v) is 10.9. The number of rotatable bonds is 14. The van der Waals surface area contributed by atoms with Crippen LogP contribution in [-0.2, 0) is 24.4 Å². The Kier molecular flexibility index (Phi) is 10.0. The van der Waals surface area contributed by atoms with E-state index in [1.807, 2.05) is 36.4 Å². The summed E-state index contributed by atoms with van der Waals surface area (Å²) >= 11 is 0. The van der Waals surface area contributed by atoms with Crippen molar-refractivity contribution in [2.75, 3.05) is 26.6 Å². The van der Waals surface area contributed by atoms with Gasteiger partial charge in [-0.3, -0.25) is 4.79 Å². The first-order chi connectivity index (χ1) is 15.7. The Morgan fingerprint density at radius 2 is 1.30 bits per heavy atom. The molecular weight excluding hydrogens is 420 g/mol. The highest BCUT2D eigenvalue weighted by atomic mass is 16.7. The van der Waals surface area contributed by atoms with Crippen molar-refractivity contribution in [2.24, 2.45) is 0 Å². The number of carbonyl (C=O) groups is 1. The molecule has 0 amide bonds. The molecule has 0 aliphatic heterocycles. The van der Waals surface area contributed by atoms with Crippen LogP contribution in [0.1, 0.15) is 45.2 Å². The van der Waals surface area contributed by atoms with Crippen molar-refractivity contribution in [3.8, 4) is 11.5 Å². The van der Waals surface area contributed by atoms with E-state index in [2.05, 4.69) is 39.1 Å². The van der Waals surface area contributed by atoms with Crippen LogP contribution in [0, 0.1) is 0 Å². The Morgan fingerprint density at radius 1 is 0.788 bits per heavy atom. The lowest BCUT2D eigenvalue weighted by molar-refractivity contribution is -0.139. The molecule has 33 heavy (non-hydrogen) atoms. The normalized spacial score (nSPS) is 10.9. The molecule has 0 unspecified atom stereocenters. The van der Waals surface area contributed by atoms with Crippen LogP contribution < -0.4 is 9.47 Å². The van der Waals surface area contributed by atoms with Crippen LogP contribution in [0.4, 0.5) is 0 Å². The summed E-state index contributed by atoms with van der Waals surface area (Å²) in [5.41, 5.74) is 2.11. The monoisotopic (exact) mass is 454 g/mol. The summed E-state index contributed by atoms with van der Waals surface area (Å²) in [6.45, 7) is 16.2. The Labute approximate surface area is 196 Å². The predicted molar refractivity (Wildman–Crippen MR) is 128 cm³/mol. The van der Waals surface area contributed by atoms with Crippen LogP contribution in [0.2, 0.25) is 0 Å². The third kappa shape index (κ3) is 9.02. The van der Waals surface area contributed by atoms with Crippen molar-refractivity contribution in [1.82, 2.24) is 0 Å². The smallest absolute Gasteiger partial charge is 0.314 e. The second-order valence-corrected chi connectivity index (χ2v) is 8.17. The van der Waals surface area contributed by atoms with E-state index in [0.29, 0.717) is 30.5 Å². The van der Waals surface area contributed by atoms with Crippen molar-refractivity contribution in [2.45, 2.75) is 39.5 Å². The lowest BCUT2D eigenvalue weighted by Gasteiger charge is -2.26. The molecule has 2 aromatic rings. The molecule has 0 aliphatic carbocycles. The Hall–Kier alpha value is -3.25. The van der Waals surface area contributed by atoms with E-state index in [9.17, 15) is 4.79 Å². The van der Waals surface area contributed by atoms with Gasteiger partial charge in [-0.15, -0.1) is 0 Å². The minimum Gasteiger partial charge on any atom is -0.493 e. The largest absolute Gasteiger partial charge is 0.493 e. The van der Waals surface area contributed by atoms with Gasteiger partial charge in [-0.2, -0.15) is 0 Å². The molecule has 0 bridgehead atoms. The van der Waals surface area contributed by atoms with Crippen molar-refractivity contribution in [3.05, 3.63) is 84.3 Å². The quantitative estimate of drug-likeness (QED) is 0.156. The van der Waals surface area contributed by atoms with E-state index in [0.717, 1.165) is 16.9 Å². The molecule has 2 rings (SSSR count). The topological polar surface area (TPSA) is 63.2 Å². The second-order valence-electron chi connectivity index (χ2n) is 8.17. The van der Waals surface area contributed by atoms with Gasteiger partial charge in [0.05, 0.1) is 31.2 Å². The van der Waals surface area contributed by atoms with Gasteiger partial charge in [-0.05, 0) is 49.2 Å². The van der Waals surface area contributed by atoms with Gasteiger partial charge < -0.3 is 23.7 Å². The maximum atomic E-state index is 11.5. The molecule has 6 heteroatoms. The first-order valence-electron chi connectivity index (χ1n) is 10.9. The van der Waals surface area contributed by atoms with Crippen molar-refractivity contribution < 1.29 is 28.5 Å². The van der Waals surface area contributed by atoms with E-state index >= 15 is 0 Å². The number of benzene rings is 2. The first kappa shape index (κ1) is 26.0. The zero-order valence-electron chi connectivity index (χ0n) is 20.0. The molecule has 0 aliphatic rings. The standard InChI is InChI=1S/C27H34O6/c1-20(2)32-19-29-17-18-31-25-13-9-23(10-14-25)27(5,6)22-7-11-24(12-8-22)30-16-15-26(28)33-21(3)4/h7-14H,1,3,15-19H2,2,4-6H3. The third-order valence-electron chi connectivity index (χ3n) is 4.90. The fourth-order valence-corrected chi connectivity index (χ4v) is 3.02. The van der Waals surface area contributed by atoms with E-state index in [1.54, 1.807) is 13.8 Å². The Morgan fingerprint density at radius 3 is 1.79 bits per heavy atom. The number of carbonyl (C=O) groups excluding carboxylic acids is 1. The van der Waals surface area contributed by atoms with Crippen molar-refractivity contribution >= 4 is 5.97 Å². The molecule has 0 atom stereocenters. The maximum absolute atomic E-state index is 11.5. The van der Waals surface area contributed by atoms with Crippen LogP contribution in [0.3, 0.4) is 0 Å². The highest BCUT2D eigenvalue weighted by Crippen LogP contribution is 2.33. The molecule has 0 heterocycles.